The number of hydrogen-bond acceptors (Lipinski definition) is 1. The molecule has 0 radical (unpaired) electrons. The van der Waals surface area contributed by atoms with Crippen LogP contribution in [0, 0.1) is 11.8 Å². The van der Waals surface area contributed by atoms with Gasteiger partial charge in [0.1, 0.15) is 5.83 Å². The van der Waals surface area contributed by atoms with Gasteiger partial charge in [0.25, 0.3) is 0 Å². The molecule has 1 aliphatic heterocycles. The second kappa shape index (κ2) is 9.43. The lowest BCUT2D eigenvalue weighted by atomic mass is 9.78. The molecule has 0 spiro atoms. The summed E-state index contributed by atoms with van der Waals surface area (Å²) in [5.74, 6) is -0.631. The molecule has 1 aromatic rings. The second-order valence-electron chi connectivity index (χ2n) is 8.34. The predicted octanol–water partition coefficient (Wildman–Crippen LogP) is 7.64. The summed E-state index contributed by atoms with van der Waals surface area (Å²) < 4.78 is 56.8. The third-order valence-electron chi connectivity index (χ3n) is 6.27. The first-order valence-electron chi connectivity index (χ1n) is 10.5. The first-order chi connectivity index (χ1) is 13.4. The van der Waals surface area contributed by atoms with E-state index in [0.717, 1.165) is 25.9 Å². The molecule has 3 rings (SSSR count). The van der Waals surface area contributed by atoms with Gasteiger partial charge in [-0.3, -0.25) is 0 Å². The minimum atomic E-state index is -4.57. The van der Waals surface area contributed by atoms with E-state index >= 15 is 0 Å². The van der Waals surface area contributed by atoms with Gasteiger partial charge in [0.2, 0.25) is 0 Å². The van der Waals surface area contributed by atoms with Crippen molar-refractivity contribution in [2.24, 2.45) is 11.8 Å². The first kappa shape index (κ1) is 21.4. The van der Waals surface area contributed by atoms with E-state index in [4.69, 9.17) is 4.74 Å². The molecule has 0 amide bonds. The fraction of sp³-hybridized carbons (Fsp3) is 0.652. The van der Waals surface area contributed by atoms with Gasteiger partial charge in [-0.05, 0) is 67.9 Å². The van der Waals surface area contributed by atoms with Crippen LogP contribution in [0.3, 0.4) is 0 Å². The molecule has 1 nitrogen and oxygen atoms in total. The zero-order valence-electron chi connectivity index (χ0n) is 16.5. The van der Waals surface area contributed by atoms with Gasteiger partial charge in [-0.1, -0.05) is 37.6 Å². The minimum Gasteiger partial charge on any atom is -0.373 e. The van der Waals surface area contributed by atoms with Crippen molar-refractivity contribution in [2.45, 2.75) is 76.5 Å². The normalized spacial score (nSPS) is 29.7. The molecule has 2 aliphatic rings. The summed E-state index contributed by atoms with van der Waals surface area (Å²) in [7, 11) is 0. The lowest BCUT2D eigenvalue weighted by molar-refractivity contribution is -0.0820. The Kier molecular flexibility index (Phi) is 7.19. The van der Waals surface area contributed by atoms with Crippen LogP contribution in [0.5, 0.6) is 0 Å². The van der Waals surface area contributed by atoms with Crippen LogP contribution in [0.15, 0.2) is 36.2 Å². The molecule has 1 heterocycles. The summed E-state index contributed by atoms with van der Waals surface area (Å²) in [6.07, 6.45) is 2.49. The van der Waals surface area contributed by atoms with Crippen molar-refractivity contribution < 1.29 is 22.3 Å². The summed E-state index contributed by atoms with van der Waals surface area (Å²) in [6.45, 7) is 3.04. The predicted molar refractivity (Wildman–Crippen MR) is 103 cm³/mol. The molecule has 2 atom stereocenters. The van der Waals surface area contributed by atoms with E-state index in [0.29, 0.717) is 24.7 Å². The van der Waals surface area contributed by atoms with Crippen molar-refractivity contribution in [1.29, 1.82) is 0 Å². The molecular formula is C23H30F4O. The van der Waals surface area contributed by atoms with Crippen LogP contribution in [0.25, 0.3) is 0 Å². The monoisotopic (exact) mass is 398 g/mol. The Morgan fingerprint density at radius 3 is 2.18 bits per heavy atom. The SMILES string of the molecule is CCCC1CCC(c2ccc(C3CCC(/C(F)=C/C(F)(F)F)CC3)cc2)OC1. The van der Waals surface area contributed by atoms with Crippen molar-refractivity contribution in [3.63, 3.8) is 0 Å². The summed E-state index contributed by atoms with van der Waals surface area (Å²) in [5.41, 5.74) is 2.40. The molecule has 1 saturated heterocycles. The molecule has 1 aromatic carbocycles. The Balaban J connectivity index is 1.52. The maximum Gasteiger partial charge on any atom is 0.412 e. The Morgan fingerprint density at radius 1 is 1.00 bits per heavy atom. The van der Waals surface area contributed by atoms with E-state index < -0.39 is 17.9 Å². The Hall–Kier alpha value is -1.36. The molecule has 28 heavy (non-hydrogen) atoms. The zero-order chi connectivity index (χ0) is 20.1. The lowest BCUT2D eigenvalue weighted by Gasteiger charge is -2.30. The van der Waals surface area contributed by atoms with Crippen LogP contribution >= 0.6 is 0 Å². The van der Waals surface area contributed by atoms with Crippen LogP contribution in [0.2, 0.25) is 0 Å². The zero-order valence-corrected chi connectivity index (χ0v) is 16.5. The van der Waals surface area contributed by atoms with Crippen molar-refractivity contribution in [3.8, 4) is 0 Å². The fourth-order valence-corrected chi connectivity index (χ4v) is 4.66. The standard InChI is InChI=1S/C23H30F4O/c1-2-3-16-4-13-22(28-15-16)20-11-7-18(8-12-20)17-5-9-19(10-6-17)21(24)14-23(25,26)27/h7-8,11-12,14,16-17,19,22H,2-6,9-10,13,15H2,1H3/b21-14-. The summed E-state index contributed by atoms with van der Waals surface area (Å²) in [5, 5.41) is 0. The van der Waals surface area contributed by atoms with Gasteiger partial charge >= 0.3 is 6.18 Å². The van der Waals surface area contributed by atoms with Crippen molar-refractivity contribution in [1.82, 2.24) is 0 Å². The fourth-order valence-electron chi connectivity index (χ4n) is 4.66. The average Bonchev–Trinajstić information content (AvgIpc) is 2.68. The molecular weight excluding hydrogens is 368 g/mol. The number of halogens is 4. The van der Waals surface area contributed by atoms with E-state index in [2.05, 4.69) is 31.2 Å². The van der Waals surface area contributed by atoms with Crippen LogP contribution in [0.1, 0.15) is 81.4 Å². The van der Waals surface area contributed by atoms with E-state index in [1.807, 2.05) is 0 Å². The highest BCUT2D eigenvalue weighted by atomic mass is 19.4. The largest absolute Gasteiger partial charge is 0.412 e. The maximum atomic E-state index is 13.8. The number of benzene rings is 1. The highest BCUT2D eigenvalue weighted by molar-refractivity contribution is 5.27. The highest BCUT2D eigenvalue weighted by Crippen LogP contribution is 2.40. The first-order valence-corrected chi connectivity index (χ1v) is 10.5. The molecule has 1 saturated carbocycles. The molecule has 156 valence electrons. The molecule has 0 aromatic heterocycles. The van der Waals surface area contributed by atoms with Gasteiger partial charge in [-0.15, -0.1) is 0 Å². The topological polar surface area (TPSA) is 9.23 Å². The number of ether oxygens (including phenoxy) is 1. The number of allylic oxidation sites excluding steroid dienone is 2. The van der Waals surface area contributed by atoms with Crippen LogP contribution in [-0.2, 0) is 4.74 Å². The van der Waals surface area contributed by atoms with Crippen molar-refractivity contribution in [3.05, 3.63) is 47.3 Å². The van der Waals surface area contributed by atoms with E-state index in [-0.39, 0.29) is 12.2 Å². The van der Waals surface area contributed by atoms with Crippen LogP contribution in [-0.4, -0.2) is 12.8 Å². The third-order valence-corrected chi connectivity index (χ3v) is 6.27. The van der Waals surface area contributed by atoms with Gasteiger partial charge < -0.3 is 4.74 Å². The van der Waals surface area contributed by atoms with Gasteiger partial charge in [0.05, 0.1) is 18.8 Å². The van der Waals surface area contributed by atoms with Crippen LogP contribution in [0.4, 0.5) is 17.6 Å². The smallest absolute Gasteiger partial charge is 0.373 e. The Bertz CT molecular complexity index is 634. The van der Waals surface area contributed by atoms with Gasteiger partial charge in [-0.25, -0.2) is 4.39 Å². The second-order valence-corrected chi connectivity index (χ2v) is 8.34. The average molecular weight is 398 g/mol. The lowest BCUT2D eigenvalue weighted by Crippen LogP contribution is -2.20. The van der Waals surface area contributed by atoms with Crippen LogP contribution < -0.4 is 0 Å². The van der Waals surface area contributed by atoms with E-state index in [1.54, 1.807) is 0 Å². The van der Waals surface area contributed by atoms with Crippen molar-refractivity contribution in [2.75, 3.05) is 6.61 Å². The summed E-state index contributed by atoms with van der Waals surface area (Å²) >= 11 is 0. The summed E-state index contributed by atoms with van der Waals surface area (Å²) in [6, 6.07) is 8.47. The Morgan fingerprint density at radius 2 is 1.64 bits per heavy atom. The summed E-state index contributed by atoms with van der Waals surface area (Å²) in [4.78, 5) is 0. The van der Waals surface area contributed by atoms with Gasteiger partial charge in [0.15, 0.2) is 0 Å². The number of rotatable bonds is 5. The highest BCUT2D eigenvalue weighted by Gasteiger charge is 2.31. The number of hydrogen-bond donors (Lipinski definition) is 0. The third kappa shape index (κ3) is 5.82. The maximum absolute atomic E-state index is 13.8. The van der Waals surface area contributed by atoms with Gasteiger partial charge in [0, 0.05) is 5.92 Å². The minimum absolute atomic E-state index is 0.166. The Labute approximate surface area is 165 Å². The van der Waals surface area contributed by atoms with Crippen molar-refractivity contribution >= 4 is 0 Å². The molecule has 1 aliphatic carbocycles. The number of alkyl halides is 3. The van der Waals surface area contributed by atoms with E-state index in [9.17, 15) is 17.6 Å². The molecule has 0 bridgehead atoms. The molecule has 2 fully saturated rings. The molecule has 0 N–H and O–H groups in total. The quantitative estimate of drug-likeness (QED) is 0.463. The molecule has 5 heteroatoms. The molecule has 2 unspecified atom stereocenters. The van der Waals surface area contributed by atoms with Gasteiger partial charge in [-0.2, -0.15) is 13.2 Å². The van der Waals surface area contributed by atoms with E-state index in [1.165, 1.54) is 30.4 Å².